The number of nitro groups is 1. The second-order valence-corrected chi connectivity index (χ2v) is 7.21. The number of rotatable bonds is 5. The van der Waals surface area contributed by atoms with E-state index in [1.807, 2.05) is 0 Å². The zero-order chi connectivity index (χ0) is 21.3. The number of aryl methyl sites for hydroxylation is 2. The topological polar surface area (TPSA) is 133 Å². The van der Waals surface area contributed by atoms with Crippen molar-refractivity contribution in [3.63, 3.8) is 0 Å². The number of carbonyl (C=O) groups excluding carboxylic acids is 2. The number of hydrogen-bond acceptors (Lipinski definition) is 8. The number of benzene rings is 1. The lowest BCUT2D eigenvalue weighted by Crippen LogP contribution is -2.30. The number of nitro benzene ring substituents is 1. The highest BCUT2D eigenvalue weighted by Gasteiger charge is 2.25. The average molecular weight is 416 g/mol. The van der Waals surface area contributed by atoms with E-state index in [9.17, 15) is 24.5 Å². The summed E-state index contributed by atoms with van der Waals surface area (Å²) >= 11 is 0.999. The molecule has 1 amide bonds. The van der Waals surface area contributed by atoms with Gasteiger partial charge >= 0.3 is 5.97 Å². The fourth-order valence-corrected chi connectivity index (χ4v) is 3.67. The van der Waals surface area contributed by atoms with Gasteiger partial charge in [0.25, 0.3) is 17.2 Å². The van der Waals surface area contributed by atoms with Crippen molar-refractivity contribution in [2.75, 3.05) is 5.32 Å². The molecule has 1 aromatic carbocycles. The second kappa shape index (κ2) is 7.80. The number of carbonyl (C=O) groups is 2. The van der Waals surface area contributed by atoms with Gasteiger partial charge in [0.15, 0.2) is 6.10 Å². The lowest BCUT2D eigenvalue weighted by Gasteiger charge is -2.13. The number of anilines is 1. The molecule has 0 aliphatic heterocycles. The number of para-hydroxylation sites is 2. The molecule has 2 heterocycles. The molecule has 3 aromatic rings. The molecule has 1 N–H and O–H groups in total. The number of hydrogen-bond donors (Lipinski definition) is 1. The van der Waals surface area contributed by atoms with Crippen molar-refractivity contribution < 1.29 is 19.2 Å². The molecule has 0 radical (unpaired) electrons. The summed E-state index contributed by atoms with van der Waals surface area (Å²) < 4.78 is 6.51. The molecular formula is C18H16N4O6S. The standard InChI is InChI=1S/C18H16N4O6S/c1-9-13-16(19-8-21(3)17(13)24)29-14(9)18(25)28-10(2)15(23)20-11-6-4-5-7-12(11)22(26)27/h4-8,10H,1-3H3,(H,20,23). The molecule has 1 unspecified atom stereocenters. The molecule has 0 aliphatic carbocycles. The first-order valence-corrected chi connectivity index (χ1v) is 9.22. The van der Waals surface area contributed by atoms with Gasteiger partial charge in [-0.15, -0.1) is 11.3 Å². The van der Waals surface area contributed by atoms with Gasteiger partial charge in [0.05, 0.1) is 16.6 Å². The van der Waals surface area contributed by atoms with Gasteiger partial charge in [0, 0.05) is 13.1 Å². The number of thiophene rings is 1. The van der Waals surface area contributed by atoms with Gasteiger partial charge in [0.2, 0.25) is 0 Å². The zero-order valence-electron chi connectivity index (χ0n) is 15.7. The van der Waals surface area contributed by atoms with Crippen LogP contribution in [0, 0.1) is 17.0 Å². The summed E-state index contributed by atoms with van der Waals surface area (Å²) in [5.41, 5.74) is -0.141. The summed E-state index contributed by atoms with van der Waals surface area (Å²) in [6.45, 7) is 2.96. The molecule has 29 heavy (non-hydrogen) atoms. The number of nitrogens with zero attached hydrogens (tertiary/aromatic N) is 3. The maximum Gasteiger partial charge on any atom is 0.349 e. The SMILES string of the molecule is Cc1c(C(=O)OC(C)C(=O)Nc2ccccc2[N+](=O)[O-])sc2ncn(C)c(=O)c12. The minimum atomic E-state index is -1.22. The summed E-state index contributed by atoms with van der Waals surface area (Å²) in [4.78, 5) is 52.3. The molecule has 0 bridgehead atoms. The molecule has 1 atom stereocenters. The maximum absolute atomic E-state index is 12.5. The monoisotopic (exact) mass is 416 g/mol. The molecule has 0 spiro atoms. The van der Waals surface area contributed by atoms with E-state index in [-0.39, 0.29) is 21.8 Å². The number of ether oxygens (including phenoxy) is 1. The van der Waals surface area contributed by atoms with Crippen molar-refractivity contribution >= 4 is 44.8 Å². The Morgan fingerprint density at radius 2 is 2.03 bits per heavy atom. The first-order valence-electron chi connectivity index (χ1n) is 8.40. The van der Waals surface area contributed by atoms with Crippen LogP contribution in [-0.4, -0.2) is 32.5 Å². The van der Waals surface area contributed by atoms with Crippen LogP contribution in [0.5, 0.6) is 0 Å². The van der Waals surface area contributed by atoms with Crippen LogP contribution in [0.1, 0.15) is 22.2 Å². The summed E-state index contributed by atoms with van der Waals surface area (Å²) in [5.74, 6) is -1.50. The van der Waals surface area contributed by atoms with Gasteiger partial charge in [-0.1, -0.05) is 12.1 Å². The lowest BCUT2D eigenvalue weighted by molar-refractivity contribution is -0.383. The highest BCUT2D eigenvalue weighted by molar-refractivity contribution is 7.20. The van der Waals surface area contributed by atoms with Gasteiger partial charge in [-0.25, -0.2) is 9.78 Å². The summed E-state index contributed by atoms with van der Waals surface area (Å²) in [6, 6.07) is 5.63. The van der Waals surface area contributed by atoms with Gasteiger partial charge in [-0.05, 0) is 25.5 Å². The van der Waals surface area contributed by atoms with Crippen LogP contribution in [0.4, 0.5) is 11.4 Å². The minimum Gasteiger partial charge on any atom is -0.448 e. The molecule has 0 fully saturated rings. The van der Waals surface area contributed by atoms with E-state index in [2.05, 4.69) is 10.3 Å². The third kappa shape index (κ3) is 3.85. The molecular weight excluding hydrogens is 400 g/mol. The Morgan fingerprint density at radius 3 is 2.72 bits per heavy atom. The molecule has 150 valence electrons. The van der Waals surface area contributed by atoms with Gasteiger partial charge in [0.1, 0.15) is 15.4 Å². The number of amides is 1. The highest BCUT2D eigenvalue weighted by atomic mass is 32.1. The van der Waals surface area contributed by atoms with Gasteiger partial charge < -0.3 is 14.6 Å². The van der Waals surface area contributed by atoms with Gasteiger partial charge in [-0.2, -0.15) is 0 Å². The lowest BCUT2D eigenvalue weighted by atomic mass is 10.2. The fourth-order valence-electron chi connectivity index (χ4n) is 2.64. The van der Waals surface area contributed by atoms with Crippen molar-refractivity contribution in [3.05, 3.63) is 61.5 Å². The molecule has 2 aromatic heterocycles. The Kier molecular flexibility index (Phi) is 5.41. The van der Waals surface area contributed by atoms with Crippen LogP contribution in [0.25, 0.3) is 10.2 Å². The van der Waals surface area contributed by atoms with Crippen LogP contribution in [-0.2, 0) is 16.6 Å². The first-order chi connectivity index (χ1) is 13.7. The first kappa shape index (κ1) is 20.1. The Balaban J connectivity index is 1.79. The summed E-state index contributed by atoms with van der Waals surface area (Å²) in [7, 11) is 1.55. The van der Waals surface area contributed by atoms with E-state index in [1.165, 1.54) is 42.1 Å². The van der Waals surface area contributed by atoms with Crippen molar-refractivity contribution in [2.45, 2.75) is 20.0 Å². The van der Waals surface area contributed by atoms with E-state index in [4.69, 9.17) is 4.74 Å². The molecule has 0 aliphatic rings. The molecule has 0 saturated carbocycles. The summed E-state index contributed by atoms with van der Waals surface area (Å²) in [5, 5.41) is 13.8. The number of aromatic nitrogens is 2. The smallest absolute Gasteiger partial charge is 0.349 e. The quantitative estimate of drug-likeness (QED) is 0.383. The highest BCUT2D eigenvalue weighted by Crippen LogP contribution is 2.28. The Morgan fingerprint density at radius 1 is 1.34 bits per heavy atom. The third-order valence-corrected chi connectivity index (χ3v) is 5.39. The maximum atomic E-state index is 12.5. The zero-order valence-corrected chi connectivity index (χ0v) is 16.5. The van der Waals surface area contributed by atoms with Crippen LogP contribution in [0.2, 0.25) is 0 Å². The fraction of sp³-hybridized carbons (Fsp3) is 0.222. The predicted molar refractivity (Wildman–Crippen MR) is 106 cm³/mol. The average Bonchev–Trinajstić information content (AvgIpc) is 3.02. The van der Waals surface area contributed by atoms with Crippen molar-refractivity contribution in [1.29, 1.82) is 0 Å². The number of esters is 1. The Hall–Kier alpha value is -3.60. The van der Waals surface area contributed by atoms with E-state index in [1.54, 1.807) is 14.0 Å². The molecule has 11 heteroatoms. The minimum absolute atomic E-state index is 0.00358. The summed E-state index contributed by atoms with van der Waals surface area (Å²) in [6.07, 6.45) is 0.140. The van der Waals surface area contributed by atoms with Crippen molar-refractivity contribution in [1.82, 2.24) is 9.55 Å². The van der Waals surface area contributed by atoms with Crippen LogP contribution in [0.3, 0.4) is 0 Å². The van der Waals surface area contributed by atoms with Gasteiger partial charge in [-0.3, -0.25) is 19.7 Å². The Labute approximate surface area is 167 Å². The largest absolute Gasteiger partial charge is 0.448 e. The van der Waals surface area contributed by atoms with Crippen molar-refractivity contribution in [3.8, 4) is 0 Å². The van der Waals surface area contributed by atoms with Crippen LogP contribution in [0.15, 0.2) is 35.4 Å². The predicted octanol–water partition coefficient (Wildman–Crippen LogP) is 2.40. The Bertz CT molecular complexity index is 1200. The van der Waals surface area contributed by atoms with E-state index in [0.717, 1.165) is 11.3 Å². The van der Waals surface area contributed by atoms with E-state index in [0.29, 0.717) is 15.8 Å². The third-order valence-electron chi connectivity index (χ3n) is 4.21. The second-order valence-electron chi connectivity index (χ2n) is 6.21. The van der Waals surface area contributed by atoms with E-state index >= 15 is 0 Å². The number of nitrogens with one attached hydrogen (secondary N) is 1. The van der Waals surface area contributed by atoms with Crippen molar-refractivity contribution in [2.24, 2.45) is 7.05 Å². The molecule has 3 rings (SSSR count). The molecule has 10 nitrogen and oxygen atoms in total. The normalized spacial score (nSPS) is 11.8. The van der Waals surface area contributed by atoms with Crippen LogP contribution >= 0.6 is 11.3 Å². The van der Waals surface area contributed by atoms with Crippen LogP contribution < -0.4 is 10.9 Å². The molecule has 0 saturated heterocycles. The number of fused-ring (bicyclic) bond motifs is 1. The van der Waals surface area contributed by atoms with E-state index < -0.39 is 22.9 Å².